The second-order valence-electron chi connectivity index (χ2n) is 5.51. The standard InChI is InChI=1S/C14H19N3O2S/c18-13-6-12(15-7-10-8-20-9-16-10)14(19)17(13)11-4-2-1-3-5-11/h8-9,11-12,15H,1-7H2. The Balaban J connectivity index is 1.60. The van der Waals surface area contributed by atoms with E-state index >= 15 is 0 Å². The van der Waals surface area contributed by atoms with Crippen LogP contribution in [0, 0.1) is 0 Å². The van der Waals surface area contributed by atoms with Crippen molar-refractivity contribution in [3.63, 3.8) is 0 Å². The molecule has 1 aromatic heterocycles. The lowest BCUT2D eigenvalue weighted by Crippen LogP contribution is -2.44. The summed E-state index contributed by atoms with van der Waals surface area (Å²) in [6.45, 7) is 0.547. The fraction of sp³-hybridized carbons (Fsp3) is 0.643. The van der Waals surface area contributed by atoms with E-state index in [2.05, 4.69) is 10.3 Å². The molecule has 3 rings (SSSR count). The van der Waals surface area contributed by atoms with Gasteiger partial charge in [0.15, 0.2) is 0 Å². The van der Waals surface area contributed by atoms with Crippen molar-refractivity contribution in [3.05, 3.63) is 16.6 Å². The van der Waals surface area contributed by atoms with E-state index in [1.54, 1.807) is 5.51 Å². The molecule has 0 spiro atoms. The van der Waals surface area contributed by atoms with Crippen LogP contribution in [-0.4, -0.2) is 33.8 Å². The summed E-state index contributed by atoms with van der Waals surface area (Å²) in [4.78, 5) is 30.2. The van der Waals surface area contributed by atoms with Gasteiger partial charge in [-0.25, -0.2) is 4.98 Å². The number of amides is 2. The van der Waals surface area contributed by atoms with Crippen LogP contribution in [0.25, 0.3) is 0 Å². The molecular formula is C14H19N3O2S. The molecule has 1 saturated carbocycles. The van der Waals surface area contributed by atoms with E-state index in [1.165, 1.54) is 22.7 Å². The molecule has 2 heterocycles. The predicted molar refractivity (Wildman–Crippen MR) is 76.1 cm³/mol. The molecule has 1 unspecified atom stereocenters. The lowest BCUT2D eigenvalue weighted by molar-refractivity contribution is -0.142. The molecule has 20 heavy (non-hydrogen) atoms. The summed E-state index contributed by atoms with van der Waals surface area (Å²) in [6.07, 6.45) is 5.70. The van der Waals surface area contributed by atoms with Crippen molar-refractivity contribution in [2.24, 2.45) is 0 Å². The second-order valence-corrected chi connectivity index (χ2v) is 6.23. The third kappa shape index (κ3) is 2.76. The van der Waals surface area contributed by atoms with Crippen molar-refractivity contribution in [2.75, 3.05) is 0 Å². The number of thiazole rings is 1. The summed E-state index contributed by atoms with van der Waals surface area (Å²) >= 11 is 1.53. The van der Waals surface area contributed by atoms with Gasteiger partial charge in [0, 0.05) is 18.0 Å². The third-order valence-electron chi connectivity index (χ3n) is 4.14. The van der Waals surface area contributed by atoms with Crippen molar-refractivity contribution in [3.8, 4) is 0 Å². The van der Waals surface area contributed by atoms with Crippen LogP contribution in [0.2, 0.25) is 0 Å². The topological polar surface area (TPSA) is 62.3 Å². The van der Waals surface area contributed by atoms with E-state index in [4.69, 9.17) is 0 Å². The van der Waals surface area contributed by atoms with Gasteiger partial charge in [-0.3, -0.25) is 19.8 Å². The molecule has 0 aromatic carbocycles. The highest BCUT2D eigenvalue weighted by Gasteiger charge is 2.42. The van der Waals surface area contributed by atoms with E-state index in [-0.39, 0.29) is 23.9 Å². The Hall–Kier alpha value is -1.27. The zero-order valence-corrected chi connectivity index (χ0v) is 12.2. The molecule has 2 amide bonds. The molecule has 0 bridgehead atoms. The van der Waals surface area contributed by atoms with E-state index in [0.29, 0.717) is 13.0 Å². The molecule has 1 aliphatic heterocycles. The number of nitrogens with one attached hydrogen (secondary N) is 1. The normalized spacial score (nSPS) is 24.6. The number of carbonyl (C=O) groups is 2. The third-order valence-corrected chi connectivity index (χ3v) is 4.77. The number of aromatic nitrogens is 1. The maximum atomic E-state index is 12.4. The fourth-order valence-corrected chi connectivity index (χ4v) is 3.64. The summed E-state index contributed by atoms with van der Waals surface area (Å²) in [7, 11) is 0. The molecule has 1 saturated heterocycles. The molecule has 2 fully saturated rings. The Kier molecular flexibility index (Phi) is 4.12. The van der Waals surface area contributed by atoms with Gasteiger partial charge < -0.3 is 0 Å². The Morgan fingerprint density at radius 2 is 2.10 bits per heavy atom. The van der Waals surface area contributed by atoms with Crippen molar-refractivity contribution >= 4 is 23.2 Å². The van der Waals surface area contributed by atoms with Gasteiger partial charge in [0.05, 0.1) is 23.7 Å². The minimum Gasteiger partial charge on any atom is -0.300 e. The molecule has 6 heteroatoms. The highest BCUT2D eigenvalue weighted by molar-refractivity contribution is 7.07. The van der Waals surface area contributed by atoms with Crippen LogP contribution >= 0.6 is 11.3 Å². The van der Waals surface area contributed by atoms with Crippen LogP contribution in [-0.2, 0) is 16.1 Å². The Morgan fingerprint density at radius 3 is 2.80 bits per heavy atom. The van der Waals surface area contributed by atoms with Crippen LogP contribution in [0.3, 0.4) is 0 Å². The largest absolute Gasteiger partial charge is 0.300 e. The minimum atomic E-state index is -0.369. The molecule has 0 radical (unpaired) electrons. The maximum Gasteiger partial charge on any atom is 0.247 e. The summed E-state index contributed by atoms with van der Waals surface area (Å²) in [5.74, 6) is -0.0604. The summed E-state index contributed by atoms with van der Waals surface area (Å²) < 4.78 is 0. The van der Waals surface area contributed by atoms with Crippen molar-refractivity contribution in [1.82, 2.24) is 15.2 Å². The van der Waals surface area contributed by atoms with Crippen molar-refractivity contribution in [1.29, 1.82) is 0 Å². The first-order chi connectivity index (χ1) is 9.75. The number of likely N-dealkylation sites (tertiary alicyclic amines) is 1. The molecule has 108 valence electrons. The van der Waals surface area contributed by atoms with Gasteiger partial charge in [-0.15, -0.1) is 11.3 Å². The van der Waals surface area contributed by atoms with E-state index < -0.39 is 0 Å². The molecule has 1 atom stereocenters. The van der Waals surface area contributed by atoms with Gasteiger partial charge >= 0.3 is 0 Å². The minimum absolute atomic E-state index is 0.0160. The lowest BCUT2D eigenvalue weighted by atomic mass is 9.94. The fourth-order valence-electron chi connectivity index (χ4n) is 3.09. The van der Waals surface area contributed by atoms with Crippen LogP contribution in [0.5, 0.6) is 0 Å². The van der Waals surface area contributed by atoms with Crippen LogP contribution < -0.4 is 5.32 Å². The van der Waals surface area contributed by atoms with Crippen molar-refractivity contribution in [2.45, 2.75) is 57.2 Å². The van der Waals surface area contributed by atoms with Gasteiger partial charge in [0.25, 0.3) is 0 Å². The monoisotopic (exact) mass is 293 g/mol. The average molecular weight is 293 g/mol. The van der Waals surface area contributed by atoms with Gasteiger partial charge in [-0.1, -0.05) is 19.3 Å². The second kappa shape index (κ2) is 6.01. The van der Waals surface area contributed by atoms with Gasteiger partial charge in [0.1, 0.15) is 0 Å². The first kappa shape index (κ1) is 13.7. The van der Waals surface area contributed by atoms with Crippen LogP contribution in [0.4, 0.5) is 0 Å². The van der Waals surface area contributed by atoms with E-state index in [9.17, 15) is 9.59 Å². The Labute approximate surface area is 122 Å². The summed E-state index contributed by atoms with van der Waals surface area (Å²) in [5, 5.41) is 5.12. The van der Waals surface area contributed by atoms with Crippen molar-refractivity contribution < 1.29 is 9.59 Å². The van der Waals surface area contributed by atoms with E-state index in [0.717, 1.165) is 31.4 Å². The first-order valence-electron chi connectivity index (χ1n) is 7.22. The average Bonchev–Trinajstić information content (AvgIpc) is 3.06. The maximum absolute atomic E-state index is 12.4. The van der Waals surface area contributed by atoms with Gasteiger partial charge in [0.2, 0.25) is 11.8 Å². The summed E-state index contributed by atoms with van der Waals surface area (Å²) in [5.41, 5.74) is 2.69. The molecular weight excluding hydrogens is 274 g/mol. The zero-order chi connectivity index (χ0) is 13.9. The number of hydrogen-bond donors (Lipinski definition) is 1. The number of carbonyl (C=O) groups excluding carboxylic acids is 2. The molecule has 1 aromatic rings. The van der Waals surface area contributed by atoms with Crippen LogP contribution in [0.15, 0.2) is 10.9 Å². The number of nitrogens with zero attached hydrogens (tertiary/aromatic N) is 2. The Morgan fingerprint density at radius 1 is 1.30 bits per heavy atom. The Bertz CT molecular complexity index is 483. The summed E-state index contributed by atoms with van der Waals surface area (Å²) in [6, 6.07) is -0.235. The number of imide groups is 1. The quantitative estimate of drug-likeness (QED) is 0.858. The lowest BCUT2D eigenvalue weighted by Gasteiger charge is -2.29. The molecule has 1 aliphatic carbocycles. The van der Waals surface area contributed by atoms with E-state index in [1.807, 2.05) is 5.38 Å². The van der Waals surface area contributed by atoms with Crippen LogP contribution in [0.1, 0.15) is 44.2 Å². The smallest absolute Gasteiger partial charge is 0.247 e. The molecule has 2 aliphatic rings. The predicted octanol–water partition coefficient (Wildman–Crippen LogP) is 1.69. The first-order valence-corrected chi connectivity index (χ1v) is 8.16. The zero-order valence-electron chi connectivity index (χ0n) is 11.4. The highest BCUT2D eigenvalue weighted by atomic mass is 32.1. The van der Waals surface area contributed by atoms with Gasteiger partial charge in [-0.05, 0) is 12.8 Å². The number of hydrogen-bond acceptors (Lipinski definition) is 5. The molecule has 5 nitrogen and oxygen atoms in total. The SMILES string of the molecule is O=C1CC(NCc2cscn2)C(=O)N1C1CCCCC1. The highest BCUT2D eigenvalue weighted by Crippen LogP contribution is 2.27. The molecule has 1 N–H and O–H groups in total. The van der Waals surface area contributed by atoms with Gasteiger partial charge in [-0.2, -0.15) is 0 Å². The number of rotatable bonds is 4.